The molecule has 0 unspecified atom stereocenters. The summed E-state index contributed by atoms with van der Waals surface area (Å²) < 4.78 is 0. The molecule has 0 spiro atoms. The van der Waals surface area contributed by atoms with E-state index in [1.165, 1.54) is 22.3 Å². The Kier molecular flexibility index (Phi) is 34.1. The molecule has 102 valence electrons. The summed E-state index contributed by atoms with van der Waals surface area (Å²) in [5, 5.41) is 3.50. The number of hydrogen-bond donors (Lipinski definition) is 0. The average molecular weight is 313 g/mol. The normalized spacial score (nSPS) is 6.82. The first-order valence-corrected chi connectivity index (χ1v) is 4.93. The topological polar surface area (TPSA) is 14.1 Å². The largest absolute Gasteiger partial charge is 2.00 e. The van der Waals surface area contributed by atoms with Gasteiger partial charge in [0.25, 0.3) is 0 Å². The Balaban J connectivity index is -0.0000000534. The van der Waals surface area contributed by atoms with Crippen LogP contribution < -0.4 is 24.8 Å². The molecule has 0 heterocycles. The van der Waals surface area contributed by atoms with E-state index < -0.39 is 0 Å². The molecule has 0 bridgehead atoms. The molecule has 0 fully saturated rings. The molecule has 17 heavy (non-hydrogen) atoms. The van der Waals surface area contributed by atoms with E-state index in [2.05, 4.69) is 46.0 Å². The second-order valence-corrected chi connectivity index (χ2v) is 3.21. The molecular formula is C13H24Cl2NTi-3. The van der Waals surface area contributed by atoms with E-state index in [0.717, 1.165) is 0 Å². The van der Waals surface area contributed by atoms with Crippen LogP contribution in [0.4, 0.5) is 0 Å². The van der Waals surface area contributed by atoms with Crippen molar-refractivity contribution >= 4 is 0 Å². The SMILES string of the molecule is C[N-]C.Cc1[cH-]c(C)c(C)c1C.[CH2-]C.[Cl-].[Cl-].[Ti+2]. The maximum absolute atomic E-state index is 3.50. The van der Waals surface area contributed by atoms with E-state index in [4.69, 9.17) is 0 Å². The van der Waals surface area contributed by atoms with Crippen molar-refractivity contribution in [2.24, 2.45) is 0 Å². The van der Waals surface area contributed by atoms with Gasteiger partial charge in [-0.3, -0.25) is 0 Å². The number of hydrogen-bond acceptors (Lipinski definition) is 0. The molecule has 1 nitrogen and oxygen atoms in total. The minimum absolute atomic E-state index is 0. The van der Waals surface area contributed by atoms with Gasteiger partial charge in [0.1, 0.15) is 0 Å². The van der Waals surface area contributed by atoms with Crippen molar-refractivity contribution in [1.29, 1.82) is 0 Å². The van der Waals surface area contributed by atoms with Crippen molar-refractivity contribution in [2.75, 3.05) is 14.1 Å². The molecule has 0 N–H and O–H groups in total. The van der Waals surface area contributed by atoms with E-state index in [9.17, 15) is 0 Å². The van der Waals surface area contributed by atoms with Crippen LogP contribution in [-0.4, -0.2) is 14.1 Å². The van der Waals surface area contributed by atoms with Crippen LogP contribution in [0.15, 0.2) is 6.07 Å². The van der Waals surface area contributed by atoms with Crippen LogP contribution in [0.5, 0.6) is 0 Å². The van der Waals surface area contributed by atoms with Crippen LogP contribution in [0.1, 0.15) is 29.2 Å². The molecule has 0 saturated carbocycles. The fraction of sp³-hybridized carbons (Fsp3) is 0.538. The van der Waals surface area contributed by atoms with Crippen molar-refractivity contribution in [3.8, 4) is 0 Å². The van der Waals surface area contributed by atoms with Gasteiger partial charge in [0.15, 0.2) is 0 Å². The molecule has 1 aromatic carbocycles. The van der Waals surface area contributed by atoms with E-state index in [-0.39, 0.29) is 46.5 Å². The Labute approximate surface area is 135 Å². The summed E-state index contributed by atoms with van der Waals surface area (Å²) in [4.78, 5) is 0. The molecule has 0 aliphatic heterocycles. The molecule has 0 atom stereocenters. The second kappa shape index (κ2) is 19.0. The smallest absolute Gasteiger partial charge is 1.00 e. The summed E-state index contributed by atoms with van der Waals surface area (Å²) in [6, 6.07) is 2.24. The molecule has 0 aliphatic rings. The van der Waals surface area contributed by atoms with E-state index in [1.807, 2.05) is 0 Å². The summed E-state index contributed by atoms with van der Waals surface area (Å²) >= 11 is 0. The predicted molar refractivity (Wildman–Crippen MR) is 67.2 cm³/mol. The van der Waals surface area contributed by atoms with Crippen LogP contribution in [0.25, 0.3) is 5.32 Å². The summed E-state index contributed by atoms with van der Waals surface area (Å²) in [7, 11) is 3.50. The van der Waals surface area contributed by atoms with Gasteiger partial charge in [-0.1, -0.05) is 27.7 Å². The van der Waals surface area contributed by atoms with Crippen molar-refractivity contribution in [3.05, 3.63) is 40.6 Å². The third-order valence-corrected chi connectivity index (χ3v) is 2.18. The number of rotatable bonds is 0. The first-order chi connectivity index (χ1) is 6.54. The molecule has 1 aromatic rings. The van der Waals surface area contributed by atoms with Crippen molar-refractivity contribution in [3.63, 3.8) is 0 Å². The molecule has 0 saturated heterocycles. The van der Waals surface area contributed by atoms with Gasteiger partial charge < -0.3 is 37.1 Å². The molecule has 1 rings (SSSR count). The van der Waals surface area contributed by atoms with Gasteiger partial charge in [0.2, 0.25) is 0 Å². The Morgan fingerprint density at radius 1 is 0.824 bits per heavy atom. The third kappa shape index (κ3) is 12.8. The first kappa shape index (κ1) is 30.6. The minimum Gasteiger partial charge on any atom is -1.00 e. The minimum atomic E-state index is 0. The van der Waals surface area contributed by atoms with E-state index in [1.54, 1.807) is 21.0 Å². The number of halogens is 2. The summed E-state index contributed by atoms with van der Waals surface area (Å²) in [5.41, 5.74) is 5.75. The van der Waals surface area contributed by atoms with E-state index >= 15 is 0 Å². The maximum Gasteiger partial charge on any atom is 2.00 e. The molecule has 0 radical (unpaired) electrons. The van der Waals surface area contributed by atoms with Crippen LogP contribution in [-0.2, 0) is 21.7 Å². The predicted octanol–water partition coefficient (Wildman–Crippen LogP) is -1.90. The van der Waals surface area contributed by atoms with E-state index in [0.29, 0.717) is 0 Å². The zero-order valence-electron chi connectivity index (χ0n) is 12.0. The number of nitrogens with zero attached hydrogens (tertiary/aromatic N) is 1. The van der Waals surface area contributed by atoms with Gasteiger partial charge in [0, 0.05) is 0 Å². The zero-order chi connectivity index (χ0) is 11.7. The maximum atomic E-state index is 3.50. The van der Waals surface area contributed by atoms with Crippen LogP contribution in [0.3, 0.4) is 0 Å². The van der Waals surface area contributed by atoms with Crippen LogP contribution in [0.2, 0.25) is 0 Å². The average Bonchev–Trinajstić information content (AvgIpc) is 2.38. The Hall–Kier alpha value is 0.604. The van der Waals surface area contributed by atoms with Gasteiger partial charge in [-0.2, -0.15) is 49.3 Å². The van der Waals surface area contributed by atoms with Gasteiger partial charge in [0.05, 0.1) is 0 Å². The Morgan fingerprint density at radius 3 is 1.06 bits per heavy atom. The molecule has 0 amide bonds. The summed E-state index contributed by atoms with van der Waals surface area (Å²) in [6.07, 6.45) is 0. The molecule has 0 aliphatic carbocycles. The van der Waals surface area contributed by atoms with Crippen LogP contribution >= 0.6 is 0 Å². The summed E-state index contributed by atoms with van der Waals surface area (Å²) in [5.74, 6) is 0. The van der Waals surface area contributed by atoms with Crippen molar-refractivity contribution in [1.82, 2.24) is 0 Å². The molecular weight excluding hydrogens is 289 g/mol. The quantitative estimate of drug-likeness (QED) is 0.393. The Morgan fingerprint density at radius 2 is 1.00 bits per heavy atom. The zero-order valence-corrected chi connectivity index (χ0v) is 15.1. The van der Waals surface area contributed by atoms with Gasteiger partial charge in [-0.25, -0.2) is 0 Å². The van der Waals surface area contributed by atoms with Gasteiger partial charge in [-0.05, 0) is 0 Å². The number of aryl methyl sites for hydroxylation is 2. The Bertz CT molecular complexity index is 225. The van der Waals surface area contributed by atoms with Gasteiger partial charge in [-0.15, -0.1) is 0 Å². The first-order valence-electron chi connectivity index (χ1n) is 4.93. The third-order valence-electron chi connectivity index (χ3n) is 2.18. The second-order valence-electron chi connectivity index (χ2n) is 3.21. The fourth-order valence-electron chi connectivity index (χ4n) is 1.13. The van der Waals surface area contributed by atoms with Gasteiger partial charge >= 0.3 is 21.7 Å². The molecule has 4 heteroatoms. The standard InChI is InChI=1S/C9H13.C2H6N.C2H5.2ClH.Ti/c1-6-5-7(2)9(4)8(6)3;1-3-2;1-2;;;/h5H,1-4H3;1-2H3;1H2,2H3;2*1H;/q3*-1;;;+2/p-2. The monoisotopic (exact) mass is 312 g/mol. The van der Waals surface area contributed by atoms with Crippen molar-refractivity contribution in [2.45, 2.75) is 34.6 Å². The molecule has 0 aromatic heterocycles. The van der Waals surface area contributed by atoms with Crippen molar-refractivity contribution < 1.29 is 46.5 Å². The fourth-order valence-corrected chi connectivity index (χ4v) is 1.13. The van der Waals surface area contributed by atoms with Crippen LogP contribution in [0, 0.1) is 34.6 Å². The summed E-state index contributed by atoms with van der Waals surface area (Å²) in [6.45, 7) is 13.7.